The molecule has 68 valence electrons. The van der Waals surface area contributed by atoms with Gasteiger partial charge in [0, 0.05) is 5.41 Å². The summed E-state index contributed by atoms with van der Waals surface area (Å²) in [5, 5.41) is 0. The number of rotatable bonds is 3. The molecule has 0 aliphatic rings. The van der Waals surface area contributed by atoms with E-state index in [1.165, 1.54) is 0 Å². The number of hydrogen-bond acceptors (Lipinski definition) is 1. The molecule has 0 aliphatic carbocycles. The lowest BCUT2D eigenvalue weighted by atomic mass is 9.84. The van der Waals surface area contributed by atoms with Crippen LogP contribution in [0.2, 0.25) is 0 Å². The Balaban J connectivity index is 0. The lowest BCUT2D eigenvalue weighted by Gasteiger charge is -2.19. The van der Waals surface area contributed by atoms with Crippen LogP contribution in [0.25, 0.3) is 0 Å². The summed E-state index contributed by atoms with van der Waals surface area (Å²) >= 11 is 0. The fourth-order valence-electron chi connectivity index (χ4n) is 0.801. The van der Waals surface area contributed by atoms with Crippen molar-refractivity contribution in [3.05, 3.63) is 0 Å². The summed E-state index contributed by atoms with van der Waals surface area (Å²) in [5.41, 5.74) is -0.0885. The van der Waals surface area contributed by atoms with Crippen LogP contribution >= 0.6 is 0 Å². The lowest BCUT2D eigenvalue weighted by Crippen LogP contribution is -2.20. The zero-order chi connectivity index (χ0) is 9.49. The summed E-state index contributed by atoms with van der Waals surface area (Å²) < 4.78 is 0. The quantitative estimate of drug-likeness (QED) is 0.615. The second kappa shape index (κ2) is 6.38. The predicted octanol–water partition coefficient (Wildman–Crippen LogP) is 3.43. The second-order valence-electron chi connectivity index (χ2n) is 3.19. The molecule has 0 rings (SSSR count). The molecule has 0 radical (unpaired) electrons. The maximum atomic E-state index is 10.9. The summed E-state index contributed by atoms with van der Waals surface area (Å²) in [7, 11) is 0. The molecule has 0 saturated heterocycles. The van der Waals surface area contributed by atoms with Crippen molar-refractivity contribution < 1.29 is 4.79 Å². The molecule has 0 saturated carbocycles. The molecule has 0 aromatic rings. The number of carbonyl (C=O) groups excluding carboxylic acids is 1. The average molecular weight is 158 g/mol. The maximum absolute atomic E-state index is 10.9. The second-order valence-corrected chi connectivity index (χ2v) is 3.19. The van der Waals surface area contributed by atoms with E-state index in [1.54, 1.807) is 6.92 Å². The minimum absolute atomic E-state index is 0.0885. The molecule has 0 N–H and O–H groups in total. The first kappa shape index (κ1) is 13.3. The van der Waals surface area contributed by atoms with Gasteiger partial charge in [0.2, 0.25) is 0 Å². The van der Waals surface area contributed by atoms with Crippen LogP contribution in [0.15, 0.2) is 0 Å². The van der Waals surface area contributed by atoms with Gasteiger partial charge in [-0.2, -0.15) is 0 Å². The largest absolute Gasteiger partial charge is 0.299 e. The normalized spacial score (nSPS) is 10.0. The lowest BCUT2D eigenvalue weighted by molar-refractivity contribution is -0.125. The highest BCUT2D eigenvalue weighted by Gasteiger charge is 2.21. The van der Waals surface area contributed by atoms with Gasteiger partial charge in [-0.15, -0.1) is 0 Å². The predicted molar refractivity (Wildman–Crippen MR) is 50.7 cm³/mol. The third-order valence-electron chi connectivity index (χ3n) is 1.83. The van der Waals surface area contributed by atoms with Crippen molar-refractivity contribution in [3.63, 3.8) is 0 Å². The number of Topliss-reactive ketones (excluding diaryl/α,β-unsaturated/α-hetero) is 1. The topological polar surface area (TPSA) is 17.1 Å². The molecule has 0 aliphatic heterocycles. The highest BCUT2D eigenvalue weighted by molar-refractivity contribution is 5.81. The summed E-state index contributed by atoms with van der Waals surface area (Å²) in [6.45, 7) is 11.8. The SMILES string of the molecule is CC.CCCC(C)(C)C(C)=O. The van der Waals surface area contributed by atoms with Crippen molar-refractivity contribution in [3.8, 4) is 0 Å². The minimum atomic E-state index is -0.0885. The van der Waals surface area contributed by atoms with Gasteiger partial charge in [0.05, 0.1) is 0 Å². The van der Waals surface area contributed by atoms with Crippen LogP contribution in [0.4, 0.5) is 0 Å². The smallest absolute Gasteiger partial charge is 0.135 e. The van der Waals surface area contributed by atoms with Gasteiger partial charge in [-0.3, -0.25) is 4.79 Å². The van der Waals surface area contributed by atoms with E-state index in [0.29, 0.717) is 5.78 Å². The van der Waals surface area contributed by atoms with Crippen LogP contribution in [-0.4, -0.2) is 5.78 Å². The van der Waals surface area contributed by atoms with E-state index in [9.17, 15) is 4.79 Å². The Labute approximate surface area is 71.2 Å². The van der Waals surface area contributed by atoms with Crippen molar-refractivity contribution in [2.75, 3.05) is 0 Å². The third-order valence-corrected chi connectivity index (χ3v) is 1.83. The average Bonchev–Trinajstić information content (AvgIpc) is 1.92. The Kier molecular flexibility index (Phi) is 7.70. The van der Waals surface area contributed by atoms with Gasteiger partial charge in [0.25, 0.3) is 0 Å². The zero-order valence-corrected chi connectivity index (χ0v) is 8.82. The number of carbonyl (C=O) groups is 1. The fraction of sp³-hybridized carbons (Fsp3) is 0.900. The van der Waals surface area contributed by atoms with Gasteiger partial charge in [0.1, 0.15) is 5.78 Å². The van der Waals surface area contributed by atoms with Gasteiger partial charge >= 0.3 is 0 Å². The summed E-state index contributed by atoms with van der Waals surface area (Å²) in [4.78, 5) is 10.9. The molecule has 0 bridgehead atoms. The van der Waals surface area contributed by atoms with Crippen molar-refractivity contribution in [2.45, 2.75) is 54.4 Å². The van der Waals surface area contributed by atoms with E-state index in [-0.39, 0.29) is 5.41 Å². The Morgan fingerprint density at radius 3 is 1.73 bits per heavy atom. The van der Waals surface area contributed by atoms with Gasteiger partial charge in [0.15, 0.2) is 0 Å². The van der Waals surface area contributed by atoms with Gasteiger partial charge in [-0.25, -0.2) is 0 Å². The van der Waals surface area contributed by atoms with Crippen LogP contribution in [0, 0.1) is 5.41 Å². The van der Waals surface area contributed by atoms with Gasteiger partial charge in [-0.05, 0) is 13.3 Å². The summed E-state index contributed by atoms with van der Waals surface area (Å²) in [5.74, 6) is 0.296. The van der Waals surface area contributed by atoms with Crippen LogP contribution in [0.1, 0.15) is 54.4 Å². The summed E-state index contributed by atoms with van der Waals surface area (Å²) in [6.07, 6.45) is 2.09. The molecule has 0 fully saturated rings. The first-order valence-electron chi connectivity index (χ1n) is 4.51. The molecule has 0 amide bonds. The molecule has 0 heterocycles. The Hall–Kier alpha value is -0.330. The molecule has 1 nitrogen and oxygen atoms in total. The third kappa shape index (κ3) is 6.08. The fourth-order valence-corrected chi connectivity index (χ4v) is 0.801. The number of ketones is 1. The van der Waals surface area contributed by atoms with E-state index >= 15 is 0 Å². The Morgan fingerprint density at radius 2 is 1.64 bits per heavy atom. The molecule has 0 spiro atoms. The molecular formula is C10H22O. The van der Waals surface area contributed by atoms with Crippen molar-refractivity contribution in [1.29, 1.82) is 0 Å². The number of hydrogen-bond donors (Lipinski definition) is 0. The van der Waals surface area contributed by atoms with Crippen LogP contribution in [-0.2, 0) is 4.79 Å². The van der Waals surface area contributed by atoms with Crippen molar-refractivity contribution >= 4 is 5.78 Å². The Morgan fingerprint density at radius 1 is 1.27 bits per heavy atom. The van der Waals surface area contributed by atoms with E-state index in [2.05, 4.69) is 6.92 Å². The summed E-state index contributed by atoms with van der Waals surface area (Å²) in [6, 6.07) is 0. The van der Waals surface area contributed by atoms with Gasteiger partial charge in [-0.1, -0.05) is 41.0 Å². The molecule has 0 atom stereocenters. The molecule has 11 heavy (non-hydrogen) atoms. The van der Waals surface area contributed by atoms with Crippen molar-refractivity contribution in [2.24, 2.45) is 5.41 Å². The first-order chi connectivity index (χ1) is 5.00. The highest BCUT2D eigenvalue weighted by atomic mass is 16.1. The zero-order valence-electron chi connectivity index (χ0n) is 8.82. The molecule has 1 heteroatoms. The minimum Gasteiger partial charge on any atom is -0.299 e. The molecule has 0 unspecified atom stereocenters. The first-order valence-corrected chi connectivity index (χ1v) is 4.51. The maximum Gasteiger partial charge on any atom is 0.135 e. The van der Waals surface area contributed by atoms with E-state index in [4.69, 9.17) is 0 Å². The molecule has 0 aromatic carbocycles. The van der Waals surface area contributed by atoms with E-state index in [1.807, 2.05) is 27.7 Å². The van der Waals surface area contributed by atoms with Crippen LogP contribution in [0.5, 0.6) is 0 Å². The standard InChI is InChI=1S/C8H16O.C2H6/c1-5-6-8(3,4)7(2)9;1-2/h5-6H2,1-4H3;1-2H3. The molecule has 0 aromatic heterocycles. The Bertz CT molecular complexity index is 103. The van der Waals surface area contributed by atoms with Crippen LogP contribution < -0.4 is 0 Å². The van der Waals surface area contributed by atoms with Gasteiger partial charge < -0.3 is 0 Å². The van der Waals surface area contributed by atoms with Crippen LogP contribution in [0.3, 0.4) is 0 Å². The molecular weight excluding hydrogens is 136 g/mol. The van der Waals surface area contributed by atoms with Crippen molar-refractivity contribution in [1.82, 2.24) is 0 Å². The van der Waals surface area contributed by atoms with E-state index in [0.717, 1.165) is 12.8 Å². The monoisotopic (exact) mass is 158 g/mol. The highest BCUT2D eigenvalue weighted by Crippen LogP contribution is 2.22. The van der Waals surface area contributed by atoms with E-state index < -0.39 is 0 Å².